The largest absolute Gasteiger partial charge is 0.444 e. The van der Waals surface area contributed by atoms with E-state index in [4.69, 9.17) is 4.74 Å². The standard InChI is InChI=1S/C30H45N3O4/c1-19(2)15-26-27-23(24-16-21(18-34)9-12-25(24)31-27)13-14-33(26)28(35)22-10-7-20(8-11-22)17-32(6)29(36)37-30(3,4)5/h9,12,16,19-20,22,26,31,34H,7-8,10-11,13-15,17-18H2,1-6H3. The monoisotopic (exact) mass is 511 g/mol. The average molecular weight is 512 g/mol. The van der Waals surface area contributed by atoms with Crippen molar-refractivity contribution in [3.63, 3.8) is 0 Å². The van der Waals surface area contributed by atoms with Crippen LogP contribution in [0.3, 0.4) is 0 Å². The Morgan fingerprint density at radius 3 is 2.51 bits per heavy atom. The number of carbonyl (C=O) groups is 2. The SMILES string of the molecule is CC(C)CC1c2[nH]c3ccc(CO)cc3c2CCN1C(=O)C1CCC(CN(C)C(=O)OC(C)(C)C)CC1. The Hall–Kier alpha value is -2.54. The number of aromatic nitrogens is 1. The van der Waals surface area contributed by atoms with Gasteiger partial charge in [-0.2, -0.15) is 0 Å². The van der Waals surface area contributed by atoms with Crippen LogP contribution in [0.2, 0.25) is 0 Å². The minimum atomic E-state index is -0.498. The number of aliphatic hydroxyl groups excluding tert-OH is 1. The van der Waals surface area contributed by atoms with Crippen molar-refractivity contribution < 1.29 is 19.4 Å². The van der Waals surface area contributed by atoms with Crippen molar-refractivity contribution >= 4 is 22.9 Å². The number of hydrogen-bond donors (Lipinski definition) is 2. The van der Waals surface area contributed by atoms with E-state index in [1.165, 1.54) is 16.6 Å². The number of carbonyl (C=O) groups excluding carboxylic acids is 2. The normalized spacial score (nSPS) is 22.3. The van der Waals surface area contributed by atoms with E-state index < -0.39 is 5.60 Å². The summed E-state index contributed by atoms with van der Waals surface area (Å²) in [4.78, 5) is 33.7. The number of nitrogens with zero attached hydrogens (tertiary/aromatic N) is 2. The lowest BCUT2D eigenvalue weighted by Crippen LogP contribution is -2.45. The Morgan fingerprint density at radius 2 is 1.89 bits per heavy atom. The molecule has 2 heterocycles. The molecule has 37 heavy (non-hydrogen) atoms. The molecule has 1 aromatic heterocycles. The van der Waals surface area contributed by atoms with Gasteiger partial charge in [0.2, 0.25) is 5.91 Å². The van der Waals surface area contributed by atoms with Crippen LogP contribution in [0.15, 0.2) is 18.2 Å². The highest BCUT2D eigenvalue weighted by atomic mass is 16.6. The van der Waals surface area contributed by atoms with Crippen LogP contribution >= 0.6 is 0 Å². The molecule has 2 aliphatic rings. The fourth-order valence-corrected chi connectivity index (χ4v) is 6.10. The number of benzene rings is 1. The first-order valence-corrected chi connectivity index (χ1v) is 14.0. The van der Waals surface area contributed by atoms with E-state index in [0.29, 0.717) is 18.4 Å². The number of nitrogens with one attached hydrogen (secondary N) is 1. The highest BCUT2D eigenvalue weighted by molar-refractivity contribution is 5.87. The predicted octanol–water partition coefficient (Wildman–Crippen LogP) is 5.81. The summed E-state index contributed by atoms with van der Waals surface area (Å²) in [6, 6.07) is 6.15. The molecular weight excluding hydrogens is 466 g/mol. The van der Waals surface area contributed by atoms with E-state index in [1.54, 1.807) is 11.9 Å². The average Bonchev–Trinajstić information content (AvgIpc) is 3.21. The third-order valence-electron chi connectivity index (χ3n) is 7.91. The summed E-state index contributed by atoms with van der Waals surface area (Å²) in [5, 5.41) is 10.8. The summed E-state index contributed by atoms with van der Waals surface area (Å²) in [5.41, 5.74) is 3.98. The number of rotatable bonds is 6. The first-order chi connectivity index (χ1) is 17.5. The molecule has 0 radical (unpaired) electrons. The summed E-state index contributed by atoms with van der Waals surface area (Å²) in [6.07, 6.45) is 5.12. The fraction of sp³-hybridized carbons (Fsp3) is 0.667. The number of hydrogen-bond acceptors (Lipinski definition) is 4. The lowest BCUT2D eigenvalue weighted by atomic mass is 9.80. The Morgan fingerprint density at radius 1 is 1.19 bits per heavy atom. The zero-order valence-electron chi connectivity index (χ0n) is 23.5. The first-order valence-electron chi connectivity index (χ1n) is 14.0. The van der Waals surface area contributed by atoms with Crippen molar-refractivity contribution in [1.82, 2.24) is 14.8 Å². The van der Waals surface area contributed by atoms with Crippen LogP contribution < -0.4 is 0 Å². The highest BCUT2D eigenvalue weighted by Crippen LogP contribution is 2.40. The predicted molar refractivity (Wildman–Crippen MR) is 146 cm³/mol. The summed E-state index contributed by atoms with van der Waals surface area (Å²) < 4.78 is 5.50. The zero-order valence-corrected chi connectivity index (χ0v) is 23.5. The molecule has 2 aromatic rings. The van der Waals surface area contributed by atoms with Gasteiger partial charge < -0.3 is 24.6 Å². The number of fused-ring (bicyclic) bond motifs is 3. The van der Waals surface area contributed by atoms with Crippen LogP contribution in [0.4, 0.5) is 4.79 Å². The molecule has 1 atom stereocenters. The van der Waals surface area contributed by atoms with Crippen molar-refractivity contribution in [1.29, 1.82) is 0 Å². The van der Waals surface area contributed by atoms with E-state index in [2.05, 4.69) is 29.8 Å². The number of amides is 2. The Labute approximate surface area is 221 Å². The van der Waals surface area contributed by atoms with Gasteiger partial charge in [0.25, 0.3) is 0 Å². The molecule has 204 valence electrons. The third-order valence-corrected chi connectivity index (χ3v) is 7.91. The summed E-state index contributed by atoms with van der Waals surface area (Å²) in [7, 11) is 1.80. The lowest BCUT2D eigenvalue weighted by Gasteiger charge is -2.40. The maximum Gasteiger partial charge on any atom is 0.410 e. The Bertz CT molecular complexity index is 1110. The van der Waals surface area contributed by atoms with E-state index in [-0.39, 0.29) is 30.6 Å². The molecule has 1 aliphatic heterocycles. The number of aliphatic hydroxyl groups is 1. The molecule has 2 amide bonds. The van der Waals surface area contributed by atoms with Crippen molar-refractivity contribution in [2.24, 2.45) is 17.8 Å². The molecular formula is C30H45N3O4. The van der Waals surface area contributed by atoms with Crippen LogP contribution in [0.25, 0.3) is 10.9 Å². The van der Waals surface area contributed by atoms with Crippen molar-refractivity contribution in [2.75, 3.05) is 20.1 Å². The van der Waals surface area contributed by atoms with Gasteiger partial charge in [-0.15, -0.1) is 0 Å². The quantitative estimate of drug-likeness (QED) is 0.513. The maximum absolute atomic E-state index is 13.9. The maximum atomic E-state index is 13.9. The molecule has 0 spiro atoms. The number of aromatic amines is 1. The molecule has 0 bridgehead atoms. The minimum Gasteiger partial charge on any atom is -0.444 e. The molecule has 4 rings (SSSR count). The summed E-state index contributed by atoms with van der Waals surface area (Å²) in [5.74, 6) is 1.19. The number of ether oxygens (including phenoxy) is 1. The summed E-state index contributed by atoms with van der Waals surface area (Å²) >= 11 is 0. The van der Waals surface area contributed by atoms with Crippen molar-refractivity contribution in [3.8, 4) is 0 Å². The Balaban J connectivity index is 1.43. The van der Waals surface area contributed by atoms with Gasteiger partial charge in [-0.25, -0.2) is 4.79 Å². The van der Waals surface area contributed by atoms with Crippen molar-refractivity contribution in [2.45, 2.75) is 91.4 Å². The first kappa shape index (κ1) is 27.5. The second-order valence-electron chi connectivity index (χ2n) is 12.6. The van der Waals surface area contributed by atoms with Crippen LogP contribution in [0, 0.1) is 17.8 Å². The van der Waals surface area contributed by atoms with Crippen LogP contribution in [0.5, 0.6) is 0 Å². The van der Waals surface area contributed by atoms with Gasteiger partial charge in [-0.3, -0.25) is 4.79 Å². The van der Waals surface area contributed by atoms with Gasteiger partial charge in [-0.1, -0.05) is 19.9 Å². The molecule has 1 fully saturated rings. The van der Waals surface area contributed by atoms with E-state index in [9.17, 15) is 14.7 Å². The topological polar surface area (TPSA) is 85.9 Å². The van der Waals surface area contributed by atoms with Gasteiger partial charge in [0.15, 0.2) is 0 Å². The van der Waals surface area contributed by atoms with E-state index in [1.807, 2.05) is 32.9 Å². The minimum absolute atomic E-state index is 0.0339. The van der Waals surface area contributed by atoms with Gasteiger partial charge >= 0.3 is 6.09 Å². The van der Waals surface area contributed by atoms with Crippen molar-refractivity contribution in [3.05, 3.63) is 35.0 Å². The summed E-state index contributed by atoms with van der Waals surface area (Å²) in [6.45, 7) is 11.5. The highest BCUT2D eigenvalue weighted by Gasteiger charge is 2.38. The lowest BCUT2D eigenvalue weighted by molar-refractivity contribution is -0.140. The number of H-pyrrole nitrogens is 1. The van der Waals surface area contributed by atoms with Gasteiger partial charge in [-0.05, 0) is 94.4 Å². The smallest absolute Gasteiger partial charge is 0.410 e. The fourth-order valence-electron chi connectivity index (χ4n) is 6.10. The molecule has 1 aliphatic carbocycles. The van der Waals surface area contributed by atoms with E-state index >= 15 is 0 Å². The molecule has 1 aromatic carbocycles. The Kier molecular flexibility index (Phi) is 8.22. The third kappa shape index (κ3) is 6.31. The molecule has 7 heteroatoms. The van der Waals surface area contributed by atoms with Crippen LogP contribution in [0.1, 0.15) is 89.6 Å². The van der Waals surface area contributed by atoms with Crippen LogP contribution in [-0.4, -0.2) is 57.6 Å². The molecule has 2 N–H and O–H groups in total. The zero-order chi connectivity index (χ0) is 26.9. The second-order valence-corrected chi connectivity index (χ2v) is 12.6. The molecule has 1 saturated carbocycles. The molecule has 1 unspecified atom stereocenters. The van der Waals surface area contributed by atoms with Crippen LogP contribution in [-0.2, 0) is 22.6 Å². The molecule has 7 nitrogen and oxygen atoms in total. The van der Waals surface area contributed by atoms with Gasteiger partial charge in [0.1, 0.15) is 5.60 Å². The second kappa shape index (κ2) is 11.1. The van der Waals surface area contributed by atoms with Gasteiger partial charge in [0.05, 0.1) is 12.6 Å². The van der Waals surface area contributed by atoms with E-state index in [0.717, 1.165) is 56.1 Å². The van der Waals surface area contributed by atoms with Gasteiger partial charge in [0, 0.05) is 42.7 Å². The molecule has 0 saturated heterocycles.